The van der Waals surface area contributed by atoms with Gasteiger partial charge in [-0.25, -0.2) is 13.8 Å². The van der Waals surface area contributed by atoms with Crippen molar-refractivity contribution in [3.8, 4) is 5.75 Å². The Morgan fingerprint density at radius 2 is 1.71 bits per heavy atom. The third-order valence-corrected chi connectivity index (χ3v) is 4.65. The highest BCUT2D eigenvalue weighted by molar-refractivity contribution is 7.14. The van der Waals surface area contributed by atoms with Gasteiger partial charge in [0.05, 0.1) is 11.4 Å². The number of thiazole rings is 1. The van der Waals surface area contributed by atoms with E-state index in [9.17, 15) is 22.4 Å². The summed E-state index contributed by atoms with van der Waals surface area (Å²) >= 11 is 1.11. The van der Waals surface area contributed by atoms with E-state index in [0.29, 0.717) is 10.8 Å². The number of carbonyl (C=O) groups is 1. The zero-order valence-electron chi connectivity index (χ0n) is 14.8. The Hall–Kier alpha value is -2.94. The lowest BCUT2D eigenvalue weighted by Crippen LogP contribution is -2.22. The molecule has 3 aromatic rings. The highest BCUT2D eigenvalue weighted by Crippen LogP contribution is 2.31. The first-order valence-electron chi connectivity index (χ1n) is 8.05. The average molecular weight is 410 g/mol. The predicted octanol–water partition coefficient (Wildman–Crippen LogP) is 5.27. The molecule has 0 spiro atoms. The molecule has 3 rings (SSSR count). The van der Waals surface area contributed by atoms with Gasteiger partial charge in [-0.15, -0.1) is 11.3 Å². The van der Waals surface area contributed by atoms with E-state index in [1.807, 2.05) is 19.1 Å². The van der Waals surface area contributed by atoms with Crippen LogP contribution in [0.5, 0.6) is 5.75 Å². The van der Waals surface area contributed by atoms with Crippen molar-refractivity contribution in [2.45, 2.75) is 20.5 Å². The third kappa shape index (κ3) is 3.99. The number of carbonyl (C=O) groups excluding carboxylic acids is 1. The molecule has 4 nitrogen and oxygen atoms in total. The van der Waals surface area contributed by atoms with Gasteiger partial charge < -0.3 is 4.74 Å². The summed E-state index contributed by atoms with van der Waals surface area (Å²) in [6.45, 7) is 2.85. The topological polar surface area (TPSA) is 42.4 Å². The number of hydrogen-bond donors (Lipinski definition) is 0. The van der Waals surface area contributed by atoms with Gasteiger partial charge in [-0.3, -0.25) is 9.69 Å². The fourth-order valence-corrected chi connectivity index (χ4v) is 3.28. The molecule has 146 valence electrons. The van der Waals surface area contributed by atoms with Crippen molar-refractivity contribution in [1.29, 1.82) is 0 Å². The molecule has 0 unspecified atom stereocenters. The van der Waals surface area contributed by atoms with Crippen LogP contribution in [-0.2, 0) is 11.4 Å². The van der Waals surface area contributed by atoms with Crippen molar-refractivity contribution in [3.05, 3.63) is 70.2 Å². The Morgan fingerprint density at radius 3 is 2.29 bits per heavy atom. The van der Waals surface area contributed by atoms with Gasteiger partial charge in [0.25, 0.3) is 0 Å². The van der Waals surface area contributed by atoms with Crippen molar-refractivity contribution >= 4 is 28.1 Å². The zero-order chi connectivity index (χ0) is 20.4. The third-order valence-electron chi connectivity index (χ3n) is 3.77. The number of halogens is 4. The van der Waals surface area contributed by atoms with Crippen molar-refractivity contribution in [3.63, 3.8) is 0 Å². The molecule has 1 heterocycles. The van der Waals surface area contributed by atoms with Crippen molar-refractivity contribution < 1.29 is 27.1 Å². The van der Waals surface area contributed by atoms with E-state index in [1.54, 1.807) is 12.1 Å². The van der Waals surface area contributed by atoms with E-state index in [-0.39, 0.29) is 17.7 Å². The van der Waals surface area contributed by atoms with Crippen LogP contribution >= 0.6 is 11.3 Å². The Morgan fingerprint density at radius 1 is 1.11 bits per heavy atom. The lowest BCUT2D eigenvalue weighted by Gasteiger charge is -2.18. The van der Waals surface area contributed by atoms with Gasteiger partial charge in [0.15, 0.2) is 22.5 Å². The summed E-state index contributed by atoms with van der Waals surface area (Å²) in [5.74, 6) is -7.81. The van der Waals surface area contributed by atoms with Gasteiger partial charge in [-0.1, -0.05) is 17.7 Å². The van der Waals surface area contributed by atoms with Crippen LogP contribution in [0.4, 0.5) is 28.4 Å². The van der Waals surface area contributed by atoms with Crippen molar-refractivity contribution in [1.82, 2.24) is 4.98 Å². The summed E-state index contributed by atoms with van der Waals surface area (Å²) in [5, 5.41) is 1.84. The molecular formula is C19H14F4N2O2S. The number of anilines is 2. The number of rotatable bonds is 5. The van der Waals surface area contributed by atoms with E-state index in [4.69, 9.17) is 4.74 Å². The minimum Gasteiger partial charge on any atom is -0.481 e. The van der Waals surface area contributed by atoms with Crippen LogP contribution in [0, 0.1) is 30.2 Å². The van der Waals surface area contributed by atoms with Crippen LogP contribution in [0.3, 0.4) is 0 Å². The van der Waals surface area contributed by atoms with Crippen LogP contribution in [0.25, 0.3) is 0 Å². The largest absolute Gasteiger partial charge is 0.481 e. The normalized spacial score (nSPS) is 10.8. The summed E-state index contributed by atoms with van der Waals surface area (Å²) in [6.07, 6.45) is 0. The zero-order valence-corrected chi connectivity index (χ0v) is 15.6. The molecule has 0 radical (unpaired) electrons. The molecule has 1 amide bonds. The second-order valence-electron chi connectivity index (χ2n) is 5.90. The molecule has 0 atom stereocenters. The Balaban J connectivity index is 1.82. The Bertz CT molecular complexity index is 995. The van der Waals surface area contributed by atoms with Crippen LogP contribution in [0.1, 0.15) is 18.2 Å². The molecule has 9 heteroatoms. The first-order valence-corrected chi connectivity index (χ1v) is 8.93. The summed E-state index contributed by atoms with van der Waals surface area (Å²) < 4.78 is 58.7. The number of aryl methyl sites for hydroxylation is 1. The number of nitrogens with zero attached hydrogens (tertiary/aromatic N) is 2. The second kappa shape index (κ2) is 7.97. The molecule has 0 aliphatic rings. The van der Waals surface area contributed by atoms with E-state index in [2.05, 4.69) is 4.98 Å². The molecule has 2 aromatic carbocycles. The SMILES string of the molecule is CC(=O)N(c1ccc(C)cc1)c1nc(COc2c(F)c(F)cc(F)c2F)cs1. The fourth-order valence-electron chi connectivity index (χ4n) is 2.41. The molecule has 0 fully saturated rings. The predicted molar refractivity (Wildman–Crippen MR) is 96.7 cm³/mol. The number of aromatic nitrogens is 1. The van der Waals surface area contributed by atoms with Gasteiger partial charge >= 0.3 is 0 Å². The number of hydrogen-bond acceptors (Lipinski definition) is 4. The minimum absolute atomic E-state index is 0.102. The number of amides is 1. The minimum atomic E-state index is -1.63. The highest BCUT2D eigenvalue weighted by Gasteiger charge is 2.22. The van der Waals surface area contributed by atoms with Gasteiger partial charge in [-0.2, -0.15) is 8.78 Å². The molecule has 0 aliphatic carbocycles. The summed E-state index contributed by atoms with van der Waals surface area (Å²) in [6, 6.07) is 7.30. The lowest BCUT2D eigenvalue weighted by atomic mass is 10.2. The van der Waals surface area contributed by atoms with Crippen LogP contribution in [-0.4, -0.2) is 10.9 Å². The molecule has 0 saturated heterocycles. The van der Waals surface area contributed by atoms with Crippen molar-refractivity contribution in [2.75, 3.05) is 4.90 Å². The summed E-state index contributed by atoms with van der Waals surface area (Å²) in [5.41, 5.74) is 1.86. The molecule has 0 N–H and O–H groups in total. The lowest BCUT2D eigenvalue weighted by molar-refractivity contribution is -0.115. The van der Waals surface area contributed by atoms with Crippen molar-refractivity contribution in [2.24, 2.45) is 0 Å². The fraction of sp³-hybridized carbons (Fsp3) is 0.158. The first-order chi connectivity index (χ1) is 13.3. The smallest absolute Gasteiger partial charge is 0.230 e. The summed E-state index contributed by atoms with van der Waals surface area (Å²) in [7, 11) is 0. The second-order valence-corrected chi connectivity index (χ2v) is 6.73. The molecule has 0 saturated carbocycles. The van der Waals surface area contributed by atoms with E-state index < -0.39 is 35.6 Å². The molecule has 0 aliphatic heterocycles. The van der Waals surface area contributed by atoms with Gasteiger partial charge in [-0.05, 0) is 19.1 Å². The molecule has 0 bridgehead atoms. The highest BCUT2D eigenvalue weighted by atomic mass is 32.1. The number of ether oxygens (including phenoxy) is 1. The van der Waals surface area contributed by atoms with Gasteiger partial charge in [0.1, 0.15) is 6.61 Å². The van der Waals surface area contributed by atoms with Crippen LogP contribution in [0.15, 0.2) is 35.7 Å². The van der Waals surface area contributed by atoms with Gasteiger partial charge in [0, 0.05) is 18.4 Å². The van der Waals surface area contributed by atoms with Gasteiger partial charge in [0.2, 0.25) is 17.5 Å². The van der Waals surface area contributed by atoms with Crippen LogP contribution < -0.4 is 9.64 Å². The Kier molecular flexibility index (Phi) is 5.64. The quantitative estimate of drug-likeness (QED) is 0.425. The molecule has 1 aromatic heterocycles. The van der Waals surface area contributed by atoms with Crippen LogP contribution in [0.2, 0.25) is 0 Å². The number of benzene rings is 2. The van der Waals surface area contributed by atoms with E-state index in [0.717, 1.165) is 16.9 Å². The Labute approximate surface area is 162 Å². The van der Waals surface area contributed by atoms with E-state index in [1.165, 1.54) is 17.2 Å². The maximum Gasteiger partial charge on any atom is 0.230 e. The molecule has 28 heavy (non-hydrogen) atoms. The standard InChI is InChI=1S/C19H14F4N2O2S/c1-10-3-5-13(6-4-10)25(11(2)26)19-24-12(9-28-19)8-27-18-16(22)14(20)7-15(21)17(18)23/h3-7,9H,8H2,1-2H3. The maximum atomic E-state index is 13.7. The average Bonchev–Trinajstić information content (AvgIpc) is 3.10. The first kappa shape index (κ1) is 19.8. The maximum absolute atomic E-state index is 13.7. The molecular weight excluding hydrogens is 396 g/mol. The monoisotopic (exact) mass is 410 g/mol. The van der Waals surface area contributed by atoms with E-state index >= 15 is 0 Å². The summed E-state index contributed by atoms with van der Waals surface area (Å²) in [4.78, 5) is 17.6.